The molecule has 1 heterocycles. The van der Waals surface area contributed by atoms with Gasteiger partial charge in [-0.05, 0) is 17.7 Å². The quantitative estimate of drug-likeness (QED) is 0.811. The third-order valence-corrected chi connectivity index (χ3v) is 3.72. The maximum Gasteiger partial charge on any atom is 0.326 e. The van der Waals surface area contributed by atoms with Gasteiger partial charge in [0.05, 0.1) is 10.0 Å². The smallest absolute Gasteiger partial charge is 0.326 e. The van der Waals surface area contributed by atoms with Crippen LogP contribution in [0.15, 0.2) is 18.3 Å². The molecule has 0 fully saturated rings. The van der Waals surface area contributed by atoms with Crippen LogP contribution >= 0.6 is 23.2 Å². The highest BCUT2D eigenvalue weighted by atomic mass is 35.5. The number of carbonyl (C=O) groups excluding carboxylic acids is 1. The van der Waals surface area contributed by atoms with E-state index in [9.17, 15) is 9.59 Å². The molecule has 0 aliphatic heterocycles. The molecule has 2 rings (SSSR count). The molecule has 0 aliphatic carbocycles. The van der Waals surface area contributed by atoms with Gasteiger partial charge in [0.2, 0.25) is 5.91 Å². The molecule has 1 unspecified atom stereocenters. The summed E-state index contributed by atoms with van der Waals surface area (Å²) in [7, 11) is 0. The molecule has 0 aliphatic rings. The summed E-state index contributed by atoms with van der Waals surface area (Å²) in [4.78, 5) is 25.2. The molecule has 0 saturated heterocycles. The number of aromatic nitrogens is 1. The van der Waals surface area contributed by atoms with Gasteiger partial charge in [-0.25, -0.2) is 4.79 Å². The second kappa shape index (κ2) is 5.73. The van der Waals surface area contributed by atoms with Crippen molar-refractivity contribution in [2.45, 2.75) is 19.4 Å². The van der Waals surface area contributed by atoms with Crippen LogP contribution in [0.4, 0.5) is 0 Å². The van der Waals surface area contributed by atoms with Crippen LogP contribution in [0.1, 0.15) is 12.5 Å². The number of rotatable bonds is 4. The molecule has 20 heavy (non-hydrogen) atoms. The van der Waals surface area contributed by atoms with Gasteiger partial charge >= 0.3 is 5.97 Å². The van der Waals surface area contributed by atoms with E-state index in [1.807, 2.05) is 0 Å². The van der Waals surface area contributed by atoms with E-state index in [2.05, 4.69) is 10.3 Å². The number of nitrogens with one attached hydrogen (secondary N) is 2. The number of benzene rings is 1. The Bertz CT molecular complexity index is 682. The normalized spacial score (nSPS) is 12.3. The Kier molecular flexibility index (Phi) is 4.20. The third kappa shape index (κ3) is 2.89. The van der Waals surface area contributed by atoms with Gasteiger partial charge in [0.25, 0.3) is 0 Å². The molecule has 0 saturated carbocycles. The number of carboxylic acid groups (broad SMARTS) is 1. The highest BCUT2D eigenvalue weighted by Crippen LogP contribution is 2.33. The average Bonchev–Trinajstić information content (AvgIpc) is 2.76. The highest BCUT2D eigenvalue weighted by molar-refractivity contribution is 6.45. The fourth-order valence-electron chi connectivity index (χ4n) is 2.05. The standard InChI is InChI=1S/C13H12Cl2N2O3/c1-6(18)17-10(13(19)20)4-7-5-16-9-3-2-8(14)12(15)11(7)9/h2-3,5,10,16H,4H2,1H3,(H,17,18)(H,19,20). The molecule has 1 aromatic heterocycles. The lowest BCUT2D eigenvalue weighted by molar-refractivity contribution is -0.141. The molecule has 1 atom stereocenters. The monoisotopic (exact) mass is 314 g/mol. The van der Waals surface area contributed by atoms with Gasteiger partial charge in [-0.3, -0.25) is 4.79 Å². The van der Waals surface area contributed by atoms with Gasteiger partial charge < -0.3 is 15.4 Å². The predicted octanol–water partition coefficient (Wildman–Crippen LogP) is 2.61. The summed E-state index contributed by atoms with van der Waals surface area (Å²) in [5.74, 6) is -1.51. The van der Waals surface area contributed by atoms with E-state index in [0.29, 0.717) is 21.0 Å². The van der Waals surface area contributed by atoms with Crippen LogP contribution in [-0.2, 0) is 16.0 Å². The fraction of sp³-hybridized carbons (Fsp3) is 0.231. The Morgan fingerprint density at radius 3 is 2.70 bits per heavy atom. The van der Waals surface area contributed by atoms with Crippen molar-refractivity contribution >= 4 is 46.0 Å². The van der Waals surface area contributed by atoms with Gasteiger partial charge in [-0.1, -0.05) is 23.2 Å². The lowest BCUT2D eigenvalue weighted by atomic mass is 10.0. The molecule has 7 heteroatoms. The highest BCUT2D eigenvalue weighted by Gasteiger charge is 2.21. The zero-order valence-electron chi connectivity index (χ0n) is 10.5. The molecule has 0 bridgehead atoms. The number of fused-ring (bicyclic) bond motifs is 1. The SMILES string of the molecule is CC(=O)NC(Cc1c[nH]c2ccc(Cl)c(Cl)c12)C(=O)O. The maximum absolute atomic E-state index is 11.2. The second-order valence-corrected chi connectivity index (χ2v) is 5.18. The molecule has 0 spiro atoms. The average molecular weight is 315 g/mol. The van der Waals surface area contributed by atoms with Crippen molar-refractivity contribution in [1.82, 2.24) is 10.3 Å². The van der Waals surface area contributed by atoms with Crippen LogP contribution in [0.5, 0.6) is 0 Å². The van der Waals surface area contributed by atoms with Crippen molar-refractivity contribution < 1.29 is 14.7 Å². The topological polar surface area (TPSA) is 82.2 Å². The Hall–Kier alpha value is -1.72. The van der Waals surface area contributed by atoms with Crippen LogP contribution in [0.25, 0.3) is 10.9 Å². The number of carbonyl (C=O) groups is 2. The molecule has 3 N–H and O–H groups in total. The largest absolute Gasteiger partial charge is 0.480 e. The summed E-state index contributed by atoms with van der Waals surface area (Å²) in [6.45, 7) is 1.27. The Balaban J connectivity index is 2.40. The molecule has 0 radical (unpaired) electrons. The summed E-state index contributed by atoms with van der Waals surface area (Å²) in [5, 5.41) is 13.0. The molecule has 106 valence electrons. The summed E-state index contributed by atoms with van der Waals surface area (Å²) in [6, 6.07) is 2.41. The van der Waals surface area contributed by atoms with E-state index < -0.39 is 17.9 Å². The molecular formula is C13H12Cl2N2O3. The predicted molar refractivity (Wildman–Crippen MR) is 77.3 cm³/mol. The van der Waals surface area contributed by atoms with E-state index in [0.717, 1.165) is 5.52 Å². The lowest BCUT2D eigenvalue weighted by Crippen LogP contribution is -2.41. The first kappa shape index (κ1) is 14.7. The maximum atomic E-state index is 11.2. The van der Waals surface area contributed by atoms with Crippen LogP contribution < -0.4 is 5.32 Å². The van der Waals surface area contributed by atoms with Gasteiger partial charge in [0, 0.05) is 30.4 Å². The van der Waals surface area contributed by atoms with E-state index in [1.54, 1.807) is 18.3 Å². The Labute approximate surface area is 124 Å². The summed E-state index contributed by atoms with van der Waals surface area (Å²) >= 11 is 12.1. The first-order valence-electron chi connectivity index (χ1n) is 5.84. The number of H-pyrrole nitrogens is 1. The van der Waals surface area contributed by atoms with Crippen molar-refractivity contribution in [1.29, 1.82) is 0 Å². The summed E-state index contributed by atoms with van der Waals surface area (Å²) < 4.78 is 0. The fourth-order valence-corrected chi connectivity index (χ4v) is 2.49. The zero-order valence-corrected chi connectivity index (χ0v) is 12.0. The first-order valence-corrected chi connectivity index (χ1v) is 6.59. The van der Waals surface area contributed by atoms with E-state index in [4.69, 9.17) is 28.3 Å². The van der Waals surface area contributed by atoms with Crippen LogP contribution in [0, 0.1) is 0 Å². The molecule has 2 aromatic rings. The minimum absolute atomic E-state index is 0.120. The molecule has 1 aromatic carbocycles. The Morgan fingerprint density at radius 2 is 2.10 bits per heavy atom. The molecule has 1 amide bonds. The zero-order chi connectivity index (χ0) is 14.9. The van der Waals surface area contributed by atoms with Gasteiger partial charge in [0.1, 0.15) is 6.04 Å². The van der Waals surface area contributed by atoms with Crippen LogP contribution in [0.2, 0.25) is 10.0 Å². The number of hydrogen-bond donors (Lipinski definition) is 3. The minimum atomic E-state index is -1.10. The number of amides is 1. The number of halogens is 2. The second-order valence-electron chi connectivity index (χ2n) is 4.39. The molecule has 5 nitrogen and oxygen atoms in total. The van der Waals surface area contributed by atoms with Crippen LogP contribution in [0.3, 0.4) is 0 Å². The Morgan fingerprint density at radius 1 is 1.40 bits per heavy atom. The lowest BCUT2D eigenvalue weighted by Gasteiger charge is -2.13. The number of aromatic amines is 1. The minimum Gasteiger partial charge on any atom is -0.480 e. The van der Waals surface area contributed by atoms with Gasteiger partial charge in [-0.2, -0.15) is 0 Å². The third-order valence-electron chi connectivity index (χ3n) is 2.92. The van der Waals surface area contributed by atoms with Crippen molar-refractivity contribution in [3.05, 3.63) is 33.9 Å². The van der Waals surface area contributed by atoms with Crippen LogP contribution in [-0.4, -0.2) is 28.0 Å². The molecular weight excluding hydrogens is 303 g/mol. The van der Waals surface area contributed by atoms with Crippen molar-refractivity contribution in [3.8, 4) is 0 Å². The number of aliphatic carboxylic acids is 1. The van der Waals surface area contributed by atoms with Crippen molar-refractivity contribution in [2.75, 3.05) is 0 Å². The summed E-state index contributed by atoms with van der Waals surface area (Å²) in [6.07, 6.45) is 1.79. The van der Waals surface area contributed by atoms with Crippen molar-refractivity contribution in [2.24, 2.45) is 0 Å². The van der Waals surface area contributed by atoms with E-state index in [1.165, 1.54) is 6.92 Å². The van der Waals surface area contributed by atoms with Gasteiger partial charge in [-0.15, -0.1) is 0 Å². The van der Waals surface area contributed by atoms with Crippen molar-refractivity contribution in [3.63, 3.8) is 0 Å². The van der Waals surface area contributed by atoms with Gasteiger partial charge in [0.15, 0.2) is 0 Å². The summed E-state index contributed by atoms with van der Waals surface area (Å²) in [5.41, 5.74) is 1.45. The van der Waals surface area contributed by atoms with E-state index >= 15 is 0 Å². The number of carboxylic acids is 1. The number of hydrogen-bond acceptors (Lipinski definition) is 2. The van der Waals surface area contributed by atoms with E-state index in [-0.39, 0.29) is 6.42 Å². The first-order chi connectivity index (χ1) is 9.40.